The number of hydrogen-bond acceptors (Lipinski definition) is 4. The number of benzene rings is 2. The molecule has 0 saturated heterocycles. The minimum Gasteiger partial charge on any atom is -0.494 e. The summed E-state index contributed by atoms with van der Waals surface area (Å²) in [5, 5.41) is 1.85. The zero-order valence-corrected chi connectivity index (χ0v) is 19.3. The first-order valence-corrected chi connectivity index (χ1v) is 11.2. The second-order valence-electron chi connectivity index (χ2n) is 6.70. The van der Waals surface area contributed by atoms with Crippen LogP contribution >= 0.6 is 46.1 Å². The summed E-state index contributed by atoms with van der Waals surface area (Å²) in [4.78, 5) is 19.6. The monoisotopic (exact) mass is 478 g/mol. The Morgan fingerprint density at radius 3 is 2.40 bits per heavy atom. The van der Waals surface area contributed by atoms with Crippen molar-refractivity contribution in [3.63, 3.8) is 0 Å². The first-order chi connectivity index (χ1) is 14.4. The van der Waals surface area contributed by atoms with Crippen LogP contribution in [0.4, 0.5) is 0 Å². The summed E-state index contributed by atoms with van der Waals surface area (Å²) < 4.78 is 7.05. The van der Waals surface area contributed by atoms with Gasteiger partial charge in [-0.2, -0.15) is 0 Å². The normalized spacial score (nSPS) is 11.2. The maximum atomic E-state index is 13.4. The third kappa shape index (κ3) is 3.95. The fraction of sp³-hybridized carbons (Fsp3) is 0.182. The van der Waals surface area contributed by atoms with Crippen LogP contribution in [0.5, 0.6) is 5.75 Å². The van der Waals surface area contributed by atoms with Gasteiger partial charge in [-0.25, -0.2) is 4.98 Å². The molecule has 30 heavy (non-hydrogen) atoms. The van der Waals surface area contributed by atoms with Gasteiger partial charge < -0.3 is 4.74 Å². The van der Waals surface area contributed by atoms with Crippen LogP contribution in [0.3, 0.4) is 0 Å². The lowest BCUT2D eigenvalue weighted by Crippen LogP contribution is -2.21. The number of aromatic nitrogens is 2. The minimum atomic E-state index is -0.143. The van der Waals surface area contributed by atoms with E-state index in [4.69, 9.17) is 39.5 Å². The Labute approximate surface area is 192 Å². The predicted octanol–water partition coefficient (Wildman–Crippen LogP) is 6.84. The molecule has 4 aromatic rings. The van der Waals surface area contributed by atoms with E-state index >= 15 is 0 Å². The van der Waals surface area contributed by atoms with Gasteiger partial charge >= 0.3 is 0 Å². The molecule has 0 N–H and O–H groups in total. The molecule has 8 heteroatoms. The van der Waals surface area contributed by atoms with Gasteiger partial charge in [0.1, 0.15) is 10.6 Å². The number of ether oxygens (including phenoxy) is 1. The van der Waals surface area contributed by atoms with Crippen molar-refractivity contribution in [3.05, 3.63) is 78.6 Å². The highest BCUT2D eigenvalue weighted by Crippen LogP contribution is 2.36. The zero-order valence-electron chi connectivity index (χ0n) is 16.2. The Bertz CT molecular complexity index is 1270. The number of rotatable bonds is 5. The van der Waals surface area contributed by atoms with Gasteiger partial charge in [-0.1, -0.05) is 46.9 Å². The van der Waals surface area contributed by atoms with E-state index < -0.39 is 0 Å². The summed E-state index contributed by atoms with van der Waals surface area (Å²) in [6.07, 6.45) is 1.53. The molecule has 2 aromatic heterocycles. The molecule has 4 rings (SSSR count). The van der Waals surface area contributed by atoms with E-state index in [1.54, 1.807) is 12.1 Å². The molecule has 0 spiro atoms. The average molecular weight is 480 g/mol. The average Bonchev–Trinajstić information content (AvgIpc) is 3.04. The van der Waals surface area contributed by atoms with Gasteiger partial charge in [0, 0.05) is 31.1 Å². The highest BCUT2D eigenvalue weighted by molar-refractivity contribution is 7.19. The van der Waals surface area contributed by atoms with Crippen molar-refractivity contribution in [2.45, 2.75) is 20.4 Å². The predicted molar refractivity (Wildman–Crippen MR) is 126 cm³/mol. The van der Waals surface area contributed by atoms with E-state index in [1.165, 1.54) is 22.2 Å². The fourth-order valence-electron chi connectivity index (χ4n) is 3.38. The smallest absolute Gasteiger partial charge is 0.263 e. The topological polar surface area (TPSA) is 44.1 Å². The largest absolute Gasteiger partial charge is 0.494 e. The molecular weight excluding hydrogens is 463 g/mol. The second kappa shape index (κ2) is 8.60. The van der Waals surface area contributed by atoms with Gasteiger partial charge in [0.2, 0.25) is 0 Å². The van der Waals surface area contributed by atoms with Crippen LogP contribution in [-0.4, -0.2) is 16.2 Å². The third-order valence-electron chi connectivity index (χ3n) is 4.74. The Balaban J connectivity index is 1.83. The molecule has 0 saturated carbocycles. The lowest BCUT2D eigenvalue weighted by Gasteiger charge is -2.11. The highest BCUT2D eigenvalue weighted by Gasteiger charge is 2.18. The first-order valence-electron chi connectivity index (χ1n) is 9.24. The summed E-state index contributed by atoms with van der Waals surface area (Å²) in [5.41, 5.74) is 2.32. The number of fused-ring (bicyclic) bond motifs is 1. The van der Waals surface area contributed by atoms with Crippen LogP contribution < -0.4 is 10.3 Å². The zero-order chi connectivity index (χ0) is 21.4. The van der Waals surface area contributed by atoms with E-state index in [-0.39, 0.29) is 12.1 Å². The van der Waals surface area contributed by atoms with E-state index in [9.17, 15) is 4.79 Å². The van der Waals surface area contributed by atoms with Gasteiger partial charge in [0.15, 0.2) is 0 Å². The van der Waals surface area contributed by atoms with E-state index in [0.717, 1.165) is 21.8 Å². The Morgan fingerprint density at radius 1 is 1.10 bits per heavy atom. The van der Waals surface area contributed by atoms with Crippen LogP contribution in [0.2, 0.25) is 15.1 Å². The Morgan fingerprint density at radius 2 is 1.77 bits per heavy atom. The number of aryl methyl sites for hydroxylation is 1. The first kappa shape index (κ1) is 21.2. The molecule has 0 aliphatic rings. The molecule has 0 bridgehead atoms. The fourth-order valence-corrected chi connectivity index (χ4v) is 5.32. The van der Waals surface area contributed by atoms with Crippen LogP contribution in [-0.2, 0) is 6.54 Å². The quantitative estimate of drug-likeness (QED) is 0.315. The molecule has 0 amide bonds. The molecule has 2 heterocycles. The molecule has 0 aliphatic carbocycles. The Kier molecular flexibility index (Phi) is 6.07. The van der Waals surface area contributed by atoms with E-state index in [2.05, 4.69) is 4.98 Å². The molecule has 4 nitrogen and oxygen atoms in total. The van der Waals surface area contributed by atoms with Crippen molar-refractivity contribution < 1.29 is 4.74 Å². The molecule has 154 valence electrons. The lowest BCUT2D eigenvalue weighted by molar-refractivity contribution is 0.340. The summed E-state index contributed by atoms with van der Waals surface area (Å²) in [6.45, 7) is 4.74. The third-order valence-corrected chi connectivity index (χ3v) is 6.65. The number of thiophene rings is 1. The van der Waals surface area contributed by atoms with Gasteiger partial charge in [0.25, 0.3) is 5.56 Å². The van der Waals surface area contributed by atoms with Gasteiger partial charge in [-0.05, 0) is 43.7 Å². The summed E-state index contributed by atoms with van der Waals surface area (Å²) in [7, 11) is 0. The number of hydrogen-bond donors (Lipinski definition) is 0. The maximum absolute atomic E-state index is 13.4. The summed E-state index contributed by atoms with van der Waals surface area (Å²) >= 11 is 20.1. The van der Waals surface area contributed by atoms with E-state index in [1.807, 2.05) is 38.1 Å². The van der Waals surface area contributed by atoms with Crippen LogP contribution in [0.15, 0.2) is 47.5 Å². The van der Waals surface area contributed by atoms with Crippen LogP contribution in [0.25, 0.3) is 21.3 Å². The van der Waals surface area contributed by atoms with Crippen molar-refractivity contribution in [1.29, 1.82) is 0 Å². The lowest BCUT2D eigenvalue weighted by atomic mass is 10.0. The van der Waals surface area contributed by atoms with Crippen LogP contribution in [0, 0.1) is 6.92 Å². The minimum absolute atomic E-state index is 0.143. The second-order valence-corrected chi connectivity index (χ2v) is 9.15. The van der Waals surface area contributed by atoms with Crippen molar-refractivity contribution in [2.24, 2.45) is 0 Å². The molecule has 0 fully saturated rings. The van der Waals surface area contributed by atoms with Crippen molar-refractivity contribution in [2.75, 3.05) is 6.61 Å². The summed E-state index contributed by atoms with van der Waals surface area (Å²) in [6, 6.07) is 11.0. The van der Waals surface area contributed by atoms with E-state index in [0.29, 0.717) is 37.5 Å². The molecular formula is C22H17Cl3N2O2S. The van der Waals surface area contributed by atoms with Crippen molar-refractivity contribution in [1.82, 2.24) is 9.55 Å². The van der Waals surface area contributed by atoms with Crippen molar-refractivity contribution >= 4 is 56.4 Å². The van der Waals surface area contributed by atoms with Gasteiger partial charge in [-0.15, -0.1) is 11.3 Å². The molecule has 0 atom stereocenters. The molecule has 0 aliphatic heterocycles. The molecule has 0 radical (unpaired) electrons. The Hall–Kier alpha value is -2.05. The van der Waals surface area contributed by atoms with Crippen LogP contribution in [0.1, 0.15) is 17.4 Å². The van der Waals surface area contributed by atoms with Crippen molar-refractivity contribution in [3.8, 4) is 16.9 Å². The standard InChI is InChI=1S/C22H17Cl3N2O2S/c1-3-29-15-6-4-13(5-7-15)19-12(2)30-21-20(19)22(28)27(11-26-21)10-16-17(24)8-14(23)9-18(16)25/h4-9,11H,3,10H2,1-2H3. The number of nitrogens with zero attached hydrogens (tertiary/aromatic N) is 2. The molecule has 0 unspecified atom stereocenters. The summed E-state index contributed by atoms with van der Waals surface area (Å²) in [5.74, 6) is 0.793. The number of halogens is 3. The van der Waals surface area contributed by atoms with Gasteiger partial charge in [-0.3, -0.25) is 9.36 Å². The molecule has 2 aromatic carbocycles. The highest BCUT2D eigenvalue weighted by atomic mass is 35.5. The SMILES string of the molecule is CCOc1ccc(-c2c(C)sc3ncn(Cc4c(Cl)cc(Cl)cc4Cl)c(=O)c23)cc1. The maximum Gasteiger partial charge on any atom is 0.263 e. The van der Waals surface area contributed by atoms with Gasteiger partial charge in [0.05, 0.1) is 24.9 Å².